The normalized spacial score (nSPS) is 17.0. The third kappa shape index (κ3) is 5.21. The maximum Gasteiger partial charge on any atom is 0.243 e. The highest BCUT2D eigenvalue weighted by atomic mass is 16.2. The molecule has 2 amide bonds. The van der Waals surface area contributed by atoms with E-state index in [1.807, 2.05) is 30.3 Å². The van der Waals surface area contributed by atoms with Crippen LogP contribution in [0.5, 0.6) is 0 Å². The molecule has 1 saturated carbocycles. The topological polar surface area (TPSA) is 58.2 Å². The van der Waals surface area contributed by atoms with Gasteiger partial charge in [0.05, 0.1) is 0 Å². The Hall–Kier alpha value is -1.84. The molecule has 1 aromatic carbocycles. The lowest BCUT2D eigenvalue weighted by molar-refractivity contribution is -0.128. The molecule has 0 saturated heterocycles. The van der Waals surface area contributed by atoms with Gasteiger partial charge in [0.2, 0.25) is 11.8 Å². The number of nitrogens with one attached hydrogen (secondary N) is 2. The molecule has 0 bridgehead atoms. The maximum atomic E-state index is 12.4. The molecule has 0 aromatic heterocycles. The quantitative estimate of drug-likeness (QED) is 0.872. The second kappa shape index (κ2) is 7.81. The van der Waals surface area contributed by atoms with E-state index in [9.17, 15) is 9.59 Å². The number of carbonyl (C=O) groups excluding carboxylic acids is 2. The first-order chi connectivity index (χ1) is 10.1. The summed E-state index contributed by atoms with van der Waals surface area (Å²) in [4.78, 5) is 23.8. The van der Waals surface area contributed by atoms with Gasteiger partial charge in [0.15, 0.2) is 0 Å². The molecule has 1 aliphatic carbocycles. The van der Waals surface area contributed by atoms with Crippen molar-refractivity contribution in [3.8, 4) is 0 Å². The van der Waals surface area contributed by atoms with Crippen LogP contribution in [0.4, 0.5) is 0 Å². The Labute approximate surface area is 126 Å². The van der Waals surface area contributed by atoms with Crippen LogP contribution in [0.15, 0.2) is 30.3 Å². The lowest BCUT2D eigenvalue weighted by Crippen LogP contribution is -2.50. The van der Waals surface area contributed by atoms with Crippen LogP contribution in [0, 0.1) is 0 Å². The largest absolute Gasteiger partial charge is 0.352 e. The SMILES string of the molecule is CC(=O)NC(Cc1ccccc1)C(=O)NC1CCCCC1. The Balaban J connectivity index is 1.97. The van der Waals surface area contributed by atoms with E-state index in [1.54, 1.807) is 0 Å². The van der Waals surface area contributed by atoms with Gasteiger partial charge < -0.3 is 10.6 Å². The first-order valence-electron chi connectivity index (χ1n) is 7.76. The standard InChI is InChI=1S/C17H24N2O2/c1-13(20)18-16(12-14-8-4-2-5-9-14)17(21)19-15-10-6-3-7-11-15/h2,4-5,8-9,15-16H,3,6-7,10-12H2,1H3,(H,18,20)(H,19,21). The van der Waals surface area contributed by atoms with Crippen molar-refractivity contribution in [2.45, 2.75) is 57.5 Å². The van der Waals surface area contributed by atoms with E-state index in [0.29, 0.717) is 6.42 Å². The number of carbonyl (C=O) groups is 2. The number of hydrogen-bond donors (Lipinski definition) is 2. The number of benzene rings is 1. The highest BCUT2D eigenvalue weighted by molar-refractivity contribution is 5.87. The zero-order valence-electron chi connectivity index (χ0n) is 12.6. The molecule has 4 nitrogen and oxygen atoms in total. The zero-order chi connectivity index (χ0) is 15.1. The third-order valence-corrected chi connectivity index (χ3v) is 3.93. The van der Waals surface area contributed by atoms with Crippen LogP contribution >= 0.6 is 0 Å². The summed E-state index contributed by atoms with van der Waals surface area (Å²) in [6.07, 6.45) is 6.22. The number of hydrogen-bond acceptors (Lipinski definition) is 2. The van der Waals surface area contributed by atoms with Crippen LogP contribution < -0.4 is 10.6 Å². The van der Waals surface area contributed by atoms with E-state index in [-0.39, 0.29) is 17.9 Å². The Morgan fingerprint density at radius 3 is 2.43 bits per heavy atom. The van der Waals surface area contributed by atoms with Gasteiger partial charge in [-0.1, -0.05) is 49.6 Å². The Bertz CT molecular complexity index is 467. The highest BCUT2D eigenvalue weighted by Gasteiger charge is 2.23. The summed E-state index contributed by atoms with van der Waals surface area (Å²) in [5, 5.41) is 5.86. The van der Waals surface area contributed by atoms with Gasteiger partial charge >= 0.3 is 0 Å². The summed E-state index contributed by atoms with van der Waals surface area (Å²) in [6.45, 7) is 1.45. The Kier molecular flexibility index (Phi) is 5.78. The smallest absolute Gasteiger partial charge is 0.243 e. The van der Waals surface area contributed by atoms with Gasteiger partial charge in [0.1, 0.15) is 6.04 Å². The number of amides is 2. The molecule has 4 heteroatoms. The molecule has 1 fully saturated rings. The summed E-state index contributed by atoms with van der Waals surface area (Å²) in [6, 6.07) is 9.55. The molecule has 0 spiro atoms. The highest BCUT2D eigenvalue weighted by Crippen LogP contribution is 2.17. The fourth-order valence-corrected chi connectivity index (χ4v) is 2.85. The lowest BCUT2D eigenvalue weighted by Gasteiger charge is -2.26. The molecular formula is C17H24N2O2. The van der Waals surface area contributed by atoms with Crippen molar-refractivity contribution in [1.82, 2.24) is 10.6 Å². The van der Waals surface area contributed by atoms with E-state index in [1.165, 1.54) is 26.2 Å². The van der Waals surface area contributed by atoms with Crippen LogP contribution in [0.3, 0.4) is 0 Å². The van der Waals surface area contributed by atoms with Crippen molar-refractivity contribution < 1.29 is 9.59 Å². The van der Waals surface area contributed by atoms with Crippen LogP contribution in [0.25, 0.3) is 0 Å². The number of rotatable bonds is 5. The van der Waals surface area contributed by atoms with Crippen molar-refractivity contribution in [3.63, 3.8) is 0 Å². The van der Waals surface area contributed by atoms with Gasteiger partial charge in [-0.15, -0.1) is 0 Å². The van der Waals surface area contributed by atoms with Gasteiger partial charge in [0.25, 0.3) is 0 Å². The molecule has 2 N–H and O–H groups in total. The average Bonchev–Trinajstić information content (AvgIpc) is 2.48. The van der Waals surface area contributed by atoms with E-state index in [0.717, 1.165) is 18.4 Å². The molecule has 2 rings (SSSR count). The van der Waals surface area contributed by atoms with Crippen molar-refractivity contribution in [2.24, 2.45) is 0 Å². The molecule has 0 radical (unpaired) electrons. The summed E-state index contributed by atoms with van der Waals surface area (Å²) < 4.78 is 0. The van der Waals surface area contributed by atoms with Crippen molar-refractivity contribution in [3.05, 3.63) is 35.9 Å². The van der Waals surface area contributed by atoms with Crippen molar-refractivity contribution >= 4 is 11.8 Å². The van der Waals surface area contributed by atoms with Crippen LogP contribution in [-0.4, -0.2) is 23.9 Å². The monoisotopic (exact) mass is 288 g/mol. The Morgan fingerprint density at radius 2 is 1.81 bits per heavy atom. The minimum atomic E-state index is -0.494. The van der Waals surface area contributed by atoms with Crippen LogP contribution in [-0.2, 0) is 16.0 Å². The Morgan fingerprint density at radius 1 is 1.14 bits per heavy atom. The average molecular weight is 288 g/mol. The van der Waals surface area contributed by atoms with Gasteiger partial charge in [-0.05, 0) is 18.4 Å². The van der Waals surface area contributed by atoms with E-state index >= 15 is 0 Å². The molecule has 1 atom stereocenters. The predicted molar refractivity (Wildman–Crippen MR) is 82.8 cm³/mol. The molecular weight excluding hydrogens is 264 g/mol. The molecule has 0 heterocycles. The van der Waals surface area contributed by atoms with Gasteiger partial charge in [-0.2, -0.15) is 0 Å². The van der Waals surface area contributed by atoms with E-state index in [2.05, 4.69) is 10.6 Å². The van der Waals surface area contributed by atoms with Gasteiger partial charge in [-0.3, -0.25) is 9.59 Å². The van der Waals surface area contributed by atoms with Crippen LogP contribution in [0.1, 0.15) is 44.6 Å². The summed E-state index contributed by atoms with van der Waals surface area (Å²) >= 11 is 0. The second-order valence-corrected chi connectivity index (χ2v) is 5.79. The maximum absolute atomic E-state index is 12.4. The molecule has 0 aliphatic heterocycles. The van der Waals surface area contributed by atoms with Crippen molar-refractivity contribution in [1.29, 1.82) is 0 Å². The second-order valence-electron chi connectivity index (χ2n) is 5.79. The minimum absolute atomic E-state index is 0.0686. The van der Waals surface area contributed by atoms with Crippen molar-refractivity contribution in [2.75, 3.05) is 0 Å². The minimum Gasteiger partial charge on any atom is -0.352 e. The molecule has 1 aliphatic rings. The first-order valence-corrected chi connectivity index (χ1v) is 7.76. The zero-order valence-corrected chi connectivity index (χ0v) is 12.6. The third-order valence-electron chi connectivity index (χ3n) is 3.93. The first kappa shape index (κ1) is 15.5. The fraction of sp³-hybridized carbons (Fsp3) is 0.529. The van der Waals surface area contributed by atoms with Gasteiger partial charge in [0, 0.05) is 19.4 Å². The van der Waals surface area contributed by atoms with Gasteiger partial charge in [-0.25, -0.2) is 0 Å². The molecule has 1 aromatic rings. The summed E-state index contributed by atoms with van der Waals surface area (Å²) in [5.74, 6) is -0.240. The molecule has 114 valence electrons. The van der Waals surface area contributed by atoms with Crippen LogP contribution in [0.2, 0.25) is 0 Å². The lowest BCUT2D eigenvalue weighted by atomic mass is 9.95. The fourth-order valence-electron chi connectivity index (χ4n) is 2.85. The molecule has 1 unspecified atom stereocenters. The summed E-state index contributed by atoms with van der Waals surface area (Å²) in [5.41, 5.74) is 1.05. The predicted octanol–water partition coefficient (Wildman–Crippen LogP) is 2.18. The van der Waals surface area contributed by atoms with E-state index in [4.69, 9.17) is 0 Å². The summed E-state index contributed by atoms with van der Waals surface area (Å²) in [7, 11) is 0. The molecule has 21 heavy (non-hydrogen) atoms. The van der Waals surface area contributed by atoms with E-state index < -0.39 is 6.04 Å².